The van der Waals surface area contributed by atoms with Crippen molar-refractivity contribution in [3.63, 3.8) is 0 Å². The third-order valence-corrected chi connectivity index (χ3v) is 3.46. The average molecular weight is 237 g/mol. The lowest BCUT2D eigenvalue weighted by molar-refractivity contribution is 0.620. The van der Waals surface area contributed by atoms with Crippen molar-refractivity contribution in [1.82, 2.24) is 25.3 Å². The predicted octanol–water partition coefficient (Wildman–Crippen LogP) is 1.44. The molecule has 86 valence electrons. The molecule has 0 radical (unpaired) electrons. The van der Waals surface area contributed by atoms with Crippen molar-refractivity contribution in [2.45, 2.75) is 24.9 Å². The van der Waals surface area contributed by atoms with E-state index in [9.17, 15) is 0 Å². The van der Waals surface area contributed by atoms with Crippen LogP contribution in [0.4, 0.5) is 0 Å². The molecule has 0 aliphatic carbocycles. The molecule has 2 N–H and O–H groups in total. The van der Waals surface area contributed by atoms with Gasteiger partial charge in [-0.05, 0) is 13.5 Å². The quantitative estimate of drug-likeness (QED) is 0.608. The third kappa shape index (κ3) is 2.51. The largest absolute Gasteiger partial charge is 0.341 e. The van der Waals surface area contributed by atoms with Gasteiger partial charge in [-0.3, -0.25) is 0 Å². The summed E-state index contributed by atoms with van der Waals surface area (Å²) in [6, 6.07) is 0.475. The summed E-state index contributed by atoms with van der Waals surface area (Å²) >= 11 is 1.72. The van der Waals surface area contributed by atoms with Gasteiger partial charge in [-0.25, -0.2) is 15.0 Å². The first-order chi connectivity index (χ1) is 7.81. The van der Waals surface area contributed by atoms with Crippen LogP contribution in [0.15, 0.2) is 17.7 Å². The van der Waals surface area contributed by atoms with Crippen molar-refractivity contribution >= 4 is 22.9 Å². The Balaban J connectivity index is 2.06. The number of hydrogen-bond donors (Lipinski definition) is 2. The maximum atomic E-state index is 4.26. The lowest BCUT2D eigenvalue weighted by Gasteiger charge is -2.10. The van der Waals surface area contributed by atoms with E-state index >= 15 is 0 Å². The Hall–Kier alpha value is -1.14. The molecule has 6 heteroatoms. The molecule has 1 atom stereocenters. The van der Waals surface area contributed by atoms with E-state index in [4.69, 9.17) is 0 Å². The molecule has 0 aliphatic heterocycles. The number of nitrogens with zero attached hydrogens (tertiary/aromatic N) is 3. The Morgan fingerprint density at radius 1 is 1.44 bits per heavy atom. The van der Waals surface area contributed by atoms with Gasteiger partial charge in [0.15, 0.2) is 5.65 Å². The molecule has 0 amide bonds. The van der Waals surface area contributed by atoms with Crippen molar-refractivity contribution in [1.29, 1.82) is 0 Å². The van der Waals surface area contributed by atoms with Crippen LogP contribution in [0.3, 0.4) is 0 Å². The maximum absolute atomic E-state index is 4.26. The molecule has 0 bridgehead atoms. The van der Waals surface area contributed by atoms with Crippen molar-refractivity contribution in [2.75, 3.05) is 12.3 Å². The zero-order chi connectivity index (χ0) is 11.4. The molecule has 1 unspecified atom stereocenters. The van der Waals surface area contributed by atoms with Crippen molar-refractivity contribution in [3.8, 4) is 0 Å². The molecular formula is C10H15N5S. The van der Waals surface area contributed by atoms with Gasteiger partial charge in [0, 0.05) is 11.8 Å². The molecule has 2 aromatic rings. The Bertz CT molecular complexity index is 455. The lowest BCUT2D eigenvalue weighted by Crippen LogP contribution is -2.27. The van der Waals surface area contributed by atoms with Crippen LogP contribution in [0.5, 0.6) is 0 Å². The van der Waals surface area contributed by atoms with E-state index in [2.05, 4.69) is 39.1 Å². The van der Waals surface area contributed by atoms with E-state index in [1.54, 1.807) is 24.4 Å². The zero-order valence-corrected chi connectivity index (χ0v) is 10.2. The summed E-state index contributed by atoms with van der Waals surface area (Å²) in [5.74, 6) is 0.985. The molecule has 0 saturated heterocycles. The number of nitrogens with one attached hydrogen (secondary N) is 2. The van der Waals surface area contributed by atoms with Crippen LogP contribution in [0, 0.1) is 0 Å². The van der Waals surface area contributed by atoms with Crippen LogP contribution in [0.1, 0.15) is 13.8 Å². The summed E-state index contributed by atoms with van der Waals surface area (Å²) in [5.41, 5.74) is 1.66. The summed E-state index contributed by atoms with van der Waals surface area (Å²) in [6.45, 7) is 5.27. The second-order valence-corrected chi connectivity index (χ2v) is 4.56. The monoisotopic (exact) mass is 237 g/mol. The van der Waals surface area contributed by atoms with Gasteiger partial charge in [0.1, 0.15) is 16.9 Å². The molecule has 0 aromatic carbocycles. The summed E-state index contributed by atoms with van der Waals surface area (Å²) in [7, 11) is 0. The minimum Gasteiger partial charge on any atom is -0.341 e. The third-order valence-electron chi connectivity index (χ3n) is 2.21. The number of H-pyrrole nitrogens is 1. The minimum absolute atomic E-state index is 0.475. The highest BCUT2D eigenvalue weighted by Crippen LogP contribution is 2.22. The molecule has 2 heterocycles. The molecule has 16 heavy (non-hydrogen) atoms. The fourth-order valence-corrected chi connectivity index (χ4v) is 2.41. The van der Waals surface area contributed by atoms with Crippen LogP contribution in [0.2, 0.25) is 0 Å². The number of imidazole rings is 1. The number of rotatable bonds is 5. The molecule has 5 nitrogen and oxygen atoms in total. The summed E-state index contributed by atoms with van der Waals surface area (Å²) < 4.78 is 0. The molecule has 0 fully saturated rings. The van der Waals surface area contributed by atoms with Gasteiger partial charge in [0.25, 0.3) is 0 Å². The van der Waals surface area contributed by atoms with Gasteiger partial charge in [0.2, 0.25) is 0 Å². The zero-order valence-electron chi connectivity index (χ0n) is 9.40. The first-order valence-corrected chi connectivity index (χ1v) is 6.30. The molecule has 0 spiro atoms. The van der Waals surface area contributed by atoms with Crippen molar-refractivity contribution in [2.24, 2.45) is 0 Å². The SMILES string of the molecule is CCNC(C)CSc1ncnc2nc[nH]c12. The molecule has 0 aliphatic rings. The van der Waals surface area contributed by atoms with Gasteiger partial charge >= 0.3 is 0 Å². The van der Waals surface area contributed by atoms with E-state index in [0.29, 0.717) is 6.04 Å². The highest BCUT2D eigenvalue weighted by Gasteiger charge is 2.08. The standard InChI is InChI=1S/C10H15N5S/c1-3-11-7(2)4-16-10-8-9(13-5-12-8)14-6-15-10/h5-7,11H,3-4H2,1-2H3,(H,12,13,14,15). The number of aromatic amines is 1. The Morgan fingerprint density at radius 2 is 2.31 bits per heavy atom. The summed E-state index contributed by atoms with van der Waals surface area (Å²) in [5, 5.41) is 4.33. The van der Waals surface area contributed by atoms with Gasteiger partial charge in [0.05, 0.1) is 6.33 Å². The molecular weight excluding hydrogens is 222 g/mol. The number of hydrogen-bond acceptors (Lipinski definition) is 5. The fourth-order valence-electron chi connectivity index (χ4n) is 1.46. The average Bonchev–Trinajstić information content (AvgIpc) is 2.75. The van der Waals surface area contributed by atoms with Gasteiger partial charge in [-0.2, -0.15) is 0 Å². The van der Waals surface area contributed by atoms with E-state index in [-0.39, 0.29) is 0 Å². The fraction of sp³-hybridized carbons (Fsp3) is 0.500. The van der Waals surface area contributed by atoms with Crippen LogP contribution in [-0.2, 0) is 0 Å². The Labute approximate surface area is 98.5 Å². The first-order valence-electron chi connectivity index (χ1n) is 5.31. The molecule has 2 aromatic heterocycles. The lowest BCUT2D eigenvalue weighted by atomic mass is 10.4. The number of aromatic nitrogens is 4. The minimum atomic E-state index is 0.475. The maximum Gasteiger partial charge on any atom is 0.181 e. The molecule has 0 saturated carbocycles. The number of fused-ring (bicyclic) bond motifs is 1. The molecule has 2 rings (SSSR count). The normalized spacial score (nSPS) is 13.1. The van der Waals surface area contributed by atoms with E-state index in [0.717, 1.165) is 28.5 Å². The van der Waals surface area contributed by atoms with Crippen LogP contribution >= 0.6 is 11.8 Å². The van der Waals surface area contributed by atoms with E-state index in [1.165, 1.54) is 0 Å². The highest BCUT2D eigenvalue weighted by atomic mass is 32.2. The Kier molecular flexibility index (Phi) is 3.74. The Morgan fingerprint density at radius 3 is 3.12 bits per heavy atom. The van der Waals surface area contributed by atoms with Crippen molar-refractivity contribution < 1.29 is 0 Å². The van der Waals surface area contributed by atoms with Gasteiger partial charge in [-0.1, -0.05) is 6.92 Å². The van der Waals surface area contributed by atoms with Gasteiger partial charge < -0.3 is 10.3 Å². The predicted molar refractivity (Wildman–Crippen MR) is 65.5 cm³/mol. The van der Waals surface area contributed by atoms with Crippen molar-refractivity contribution in [3.05, 3.63) is 12.7 Å². The van der Waals surface area contributed by atoms with Crippen LogP contribution in [0.25, 0.3) is 11.2 Å². The second-order valence-electron chi connectivity index (χ2n) is 3.55. The van der Waals surface area contributed by atoms with E-state index < -0.39 is 0 Å². The van der Waals surface area contributed by atoms with E-state index in [1.807, 2.05) is 0 Å². The topological polar surface area (TPSA) is 66.5 Å². The summed E-state index contributed by atoms with van der Waals surface area (Å²) in [6.07, 6.45) is 3.21. The number of thioether (sulfide) groups is 1. The van der Waals surface area contributed by atoms with Crippen LogP contribution < -0.4 is 5.32 Å². The van der Waals surface area contributed by atoms with Crippen LogP contribution in [-0.4, -0.2) is 38.3 Å². The first kappa shape index (κ1) is 11.3. The van der Waals surface area contributed by atoms with Gasteiger partial charge in [-0.15, -0.1) is 11.8 Å². The second kappa shape index (κ2) is 5.27. The summed E-state index contributed by atoms with van der Waals surface area (Å²) in [4.78, 5) is 15.5. The highest BCUT2D eigenvalue weighted by molar-refractivity contribution is 7.99. The smallest absolute Gasteiger partial charge is 0.181 e.